The van der Waals surface area contributed by atoms with E-state index in [4.69, 9.17) is 41.4 Å². The molecule has 0 bridgehead atoms. The van der Waals surface area contributed by atoms with E-state index in [1.54, 1.807) is 33.3 Å². The van der Waals surface area contributed by atoms with Crippen LogP contribution in [-0.4, -0.2) is 205 Å². The van der Waals surface area contributed by atoms with Crippen molar-refractivity contribution in [3.8, 4) is 23.5 Å². The third kappa shape index (κ3) is 22.0. The van der Waals surface area contributed by atoms with Crippen LogP contribution >= 0.6 is 0 Å². The summed E-state index contributed by atoms with van der Waals surface area (Å²) in [5, 5.41) is 53.6. The minimum Gasteiger partial charge on any atom is -0.480 e. The van der Waals surface area contributed by atoms with Gasteiger partial charge in [-0.3, -0.25) is 73.1 Å². The number of benzene rings is 4. The number of methoxy groups -OCH3 is 3. The molecule has 5 aliphatic rings. The van der Waals surface area contributed by atoms with Gasteiger partial charge in [0.05, 0.1) is 146 Å². The van der Waals surface area contributed by atoms with Gasteiger partial charge < -0.3 is 82.6 Å². The first-order valence-electron chi connectivity index (χ1n) is 41.3. The molecular formula is C88H96N24O17. The van der Waals surface area contributed by atoms with Crippen LogP contribution in [0.5, 0.6) is 23.5 Å². The number of carboxylic acid groups (broad SMARTS) is 1. The second-order valence-electron chi connectivity index (χ2n) is 32.0. The van der Waals surface area contributed by atoms with Crippen molar-refractivity contribution in [2.24, 2.45) is 40.9 Å². The number of likely N-dealkylation sites (tertiary alicyclic amines) is 3. The Balaban J connectivity index is 0.000000141. The molecule has 129 heavy (non-hydrogen) atoms. The molecule has 0 spiro atoms. The average Bonchev–Trinajstić information content (AvgIpc) is 1.79. The Morgan fingerprint density at radius 1 is 0.411 bits per heavy atom. The molecule has 41 heteroatoms. The summed E-state index contributed by atoms with van der Waals surface area (Å²) in [6, 6.07) is 29.3. The number of fused-ring (bicyclic) bond motifs is 5. The van der Waals surface area contributed by atoms with Gasteiger partial charge >= 0.3 is 47.3 Å². The molecule has 0 unspecified atom stereocenters. The Kier molecular flexibility index (Phi) is 28.9. The van der Waals surface area contributed by atoms with E-state index in [-0.39, 0.29) is 117 Å². The van der Waals surface area contributed by atoms with Crippen LogP contribution < -0.4 is 68.3 Å². The normalized spacial score (nSPS) is 18.7. The zero-order valence-corrected chi connectivity index (χ0v) is 71.3. The molecule has 4 fully saturated rings. The zero-order chi connectivity index (χ0) is 91.9. The number of nitrogens with two attached hydrogens (primary N) is 3. The van der Waals surface area contributed by atoms with Crippen molar-refractivity contribution in [1.29, 1.82) is 0 Å². The molecule has 8 atom stereocenters. The van der Waals surface area contributed by atoms with E-state index in [9.17, 15) is 57.5 Å². The minimum absolute atomic E-state index is 0.00892. The predicted molar refractivity (Wildman–Crippen MR) is 469 cm³/mol. The molecule has 4 aromatic carbocycles. The van der Waals surface area contributed by atoms with Crippen LogP contribution in [0.2, 0.25) is 0 Å². The van der Waals surface area contributed by atoms with Crippen LogP contribution in [0.25, 0.3) is 43.6 Å². The number of carbonyl (C=O) groups is 12. The third-order valence-electron chi connectivity index (χ3n) is 22.6. The van der Waals surface area contributed by atoms with E-state index >= 15 is 0 Å². The van der Waals surface area contributed by atoms with Crippen LogP contribution in [0.3, 0.4) is 0 Å². The fourth-order valence-corrected chi connectivity index (χ4v) is 15.9. The molecule has 17 rings (SSSR count). The summed E-state index contributed by atoms with van der Waals surface area (Å²) in [5.74, 6) is -7.87. The second-order valence-corrected chi connectivity index (χ2v) is 32.0. The number of rotatable bonds is 14. The zero-order valence-electron chi connectivity index (χ0n) is 71.3. The van der Waals surface area contributed by atoms with E-state index < -0.39 is 65.0 Å². The Bertz CT molecular complexity index is 5800. The smallest absolute Gasteiger partial charge is 0.394 e. The maximum Gasteiger partial charge on any atom is 0.394 e. The first-order valence-corrected chi connectivity index (χ1v) is 41.3. The molecule has 10 amide bonds. The molecule has 12 aromatic rings. The number of primary amides is 3. The van der Waals surface area contributed by atoms with Gasteiger partial charge in [-0.2, -0.15) is 20.4 Å². The number of carbonyl (C=O) groups excluding carboxylic acids is 11. The average molecular weight is 1760 g/mol. The van der Waals surface area contributed by atoms with Gasteiger partial charge in [0.25, 0.3) is 17.7 Å². The fraction of sp³-hybridized carbons (Fsp3) is 0.318. The van der Waals surface area contributed by atoms with E-state index in [2.05, 4.69) is 139 Å². The molecule has 13 heterocycles. The minimum atomic E-state index is -1.62. The number of ketones is 1. The second kappa shape index (κ2) is 41.0. The number of pyridine rings is 4. The van der Waals surface area contributed by atoms with Gasteiger partial charge in [-0.1, -0.05) is 52.0 Å². The summed E-state index contributed by atoms with van der Waals surface area (Å²) in [6.45, 7) is 11.0. The topological polar surface area (TPSA) is 588 Å². The van der Waals surface area contributed by atoms with Gasteiger partial charge in [0.2, 0.25) is 23.5 Å². The lowest BCUT2D eigenvalue weighted by Crippen LogP contribution is -2.46. The van der Waals surface area contributed by atoms with Crippen molar-refractivity contribution in [3.05, 3.63) is 191 Å². The van der Waals surface area contributed by atoms with Gasteiger partial charge in [-0.05, 0) is 177 Å². The summed E-state index contributed by atoms with van der Waals surface area (Å²) in [5.41, 5.74) is 27.4. The summed E-state index contributed by atoms with van der Waals surface area (Å²) in [7, 11) is 4.07. The number of nitrogens with one attached hydrogen (secondary N) is 10. The van der Waals surface area contributed by atoms with E-state index in [1.165, 1.54) is 94.2 Å². The SMILES string of the molecule is COc1ncc(NC(=O)C(=O)N2C[C@@H](C)CC[C@@H]2c2ccc3[nH]ncc3c2)cc1C(N)=O.COc1ncc(NC(=O)C(=O)N2C[C@H](C)CC[C@H]2c2ccc3[nH]ncc3c2)cc1C(N)=O.COc1ncc(NC(=O)C(=O)N2C[C@H](C)CC[C@H]2c2ccc3[nH]ncc3c2)cc1C(N)=O.C[C@@H]1CC[C@@H](c2ccc3[nH]ncc3c2)NC1.O=C(O)C(=O)Nc1cnc2c(c1)C(=O)CNO2. The number of aliphatic carboxylic acids is 1. The highest BCUT2D eigenvalue weighted by Gasteiger charge is 2.39. The number of aromatic amines is 4. The highest BCUT2D eigenvalue weighted by molar-refractivity contribution is 6.41. The number of nitrogens with zero attached hydrogens (tertiary/aromatic N) is 11. The highest BCUT2D eigenvalue weighted by Crippen LogP contribution is 2.39. The lowest BCUT2D eigenvalue weighted by Gasteiger charge is -2.38. The molecule has 670 valence electrons. The largest absolute Gasteiger partial charge is 0.480 e. The van der Waals surface area contributed by atoms with Gasteiger partial charge in [-0.25, -0.2) is 24.7 Å². The summed E-state index contributed by atoms with van der Waals surface area (Å²) in [4.78, 5) is 171. The quantitative estimate of drug-likeness (QED) is 0.0461. The Hall–Kier alpha value is -15.7. The summed E-state index contributed by atoms with van der Waals surface area (Å²) in [6.07, 6.45) is 19.9. The van der Waals surface area contributed by atoms with Crippen LogP contribution in [0.1, 0.15) is 167 Å². The Labute approximate surface area is 735 Å². The van der Waals surface area contributed by atoms with Gasteiger partial charge in [0, 0.05) is 47.2 Å². The van der Waals surface area contributed by atoms with Crippen LogP contribution in [0.4, 0.5) is 22.7 Å². The summed E-state index contributed by atoms with van der Waals surface area (Å²) < 4.78 is 15.0. The molecule has 4 saturated heterocycles. The molecule has 5 aliphatic heterocycles. The first-order chi connectivity index (χ1) is 62.0. The molecule has 8 aromatic heterocycles. The molecular weight excluding hydrogens is 1670 g/mol. The van der Waals surface area contributed by atoms with Gasteiger partial charge in [-0.15, -0.1) is 5.48 Å². The lowest BCUT2D eigenvalue weighted by molar-refractivity contribution is -0.147. The maximum atomic E-state index is 13.1. The number of hydrogen-bond donors (Lipinski definition) is 14. The van der Waals surface area contributed by atoms with Crippen molar-refractivity contribution >= 4 is 137 Å². The molecule has 41 nitrogen and oxygen atoms in total. The number of Topliss-reactive ketones (excluding diaryl/α,β-unsaturated/α-hetero) is 1. The fourth-order valence-electron chi connectivity index (χ4n) is 15.9. The summed E-state index contributed by atoms with van der Waals surface area (Å²) >= 11 is 0. The van der Waals surface area contributed by atoms with E-state index in [1.807, 2.05) is 60.8 Å². The number of amides is 10. The molecule has 0 saturated carbocycles. The number of piperidine rings is 4. The number of hydrogen-bond acceptors (Lipinski definition) is 26. The third-order valence-corrected chi connectivity index (χ3v) is 22.6. The van der Waals surface area contributed by atoms with E-state index in [0.29, 0.717) is 25.7 Å². The van der Waals surface area contributed by atoms with Gasteiger partial charge in [0.15, 0.2) is 5.78 Å². The molecule has 17 N–H and O–H groups in total. The van der Waals surface area contributed by atoms with Crippen molar-refractivity contribution < 1.29 is 81.7 Å². The van der Waals surface area contributed by atoms with Gasteiger partial charge in [0.1, 0.15) is 16.7 Å². The number of anilines is 4. The van der Waals surface area contributed by atoms with Crippen molar-refractivity contribution in [3.63, 3.8) is 0 Å². The maximum absolute atomic E-state index is 13.1. The Morgan fingerprint density at radius 3 is 1.07 bits per heavy atom. The number of hydroxylamine groups is 1. The number of aromatic nitrogens is 12. The molecule has 0 radical (unpaired) electrons. The number of carboxylic acids is 1. The van der Waals surface area contributed by atoms with Crippen LogP contribution in [-0.2, 0) is 38.4 Å². The van der Waals surface area contributed by atoms with Crippen molar-refractivity contribution in [2.75, 3.05) is 75.3 Å². The van der Waals surface area contributed by atoms with Crippen molar-refractivity contribution in [2.45, 2.75) is 103 Å². The lowest BCUT2D eigenvalue weighted by atomic mass is 9.89. The first kappa shape index (κ1) is 91.0. The van der Waals surface area contributed by atoms with E-state index in [0.717, 1.165) is 106 Å². The highest BCUT2D eigenvalue weighted by atomic mass is 16.7. The number of H-pyrrole nitrogens is 4. The monoisotopic (exact) mass is 1760 g/mol. The number of ether oxygens (including phenoxy) is 3. The standard InChI is InChI=1S/3C22H24N6O4.C13H17N3.C9H7N3O5/c3*1-12-3-6-18(13-4-5-17-14(7-13)9-25-27-17)28(11-12)22(31)20(30)26-15-8-16(19(23)29)21(32-2)24-10-15;1-9-2-4-12(14-7-9)10-3-5-13-11(6-10)8-15-16-13;13-6-3-11-17-8-5(6)1-4(2-10-8)12-7(14)9(15)16/h3*4-5,7-10,12,18H,3,6,11H2,1-2H3,(H2,23,29)(H,25,27)(H,26,30);3,5-6,8-9,12,14H,2,4,7H2,1H3,(H,15,16);1-2,11H,3H2,(H,12,14)(H,15,16)/t3*12-,18+;9-,12+;/m1101./s1. The Morgan fingerprint density at radius 2 is 0.736 bits per heavy atom. The predicted octanol–water partition coefficient (Wildman–Crippen LogP) is 7.82. The van der Waals surface area contributed by atoms with Crippen molar-refractivity contribution in [1.82, 2.24) is 86.2 Å². The van der Waals surface area contributed by atoms with Crippen LogP contribution in [0, 0.1) is 23.7 Å². The van der Waals surface area contributed by atoms with Crippen LogP contribution in [0.15, 0.2) is 147 Å². The molecule has 0 aliphatic carbocycles.